The molecule has 2 N–H and O–H groups in total. The Morgan fingerprint density at radius 1 is 1.38 bits per heavy atom. The van der Waals surface area contributed by atoms with Gasteiger partial charge in [-0.3, -0.25) is 4.79 Å². The summed E-state index contributed by atoms with van der Waals surface area (Å²) in [6.07, 6.45) is 2.96. The second kappa shape index (κ2) is 7.95. The summed E-state index contributed by atoms with van der Waals surface area (Å²) in [5.74, 6) is 0.962. The monoisotopic (exact) mass is 352 g/mol. The molecule has 1 heterocycles. The first-order chi connectivity index (χ1) is 10.1. The fourth-order valence-corrected chi connectivity index (χ4v) is 3.19. The maximum atomic E-state index is 12.2. The molecule has 3 atom stereocenters. The summed E-state index contributed by atoms with van der Waals surface area (Å²) in [7, 11) is 0. The molecular weight excluding hydrogens is 328 g/mol. The van der Waals surface area contributed by atoms with Crippen LogP contribution in [0.15, 0.2) is 28.7 Å². The van der Waals surface area contributed by atoms with E-state index in [2.05, 4.69) is 52.5 Å². The van der Waals surface area contributed by atoms with E-state index in [4.69, 9.17) is 0 Å². The zero-order chi connectivity index (χ0) is 15.2. The van der Waals surface area contributed by atoms with E-state index in [1.165, 1.54) is 18.4 Å². The van der Waals surface area contributed by atoms with Crippen molar-refractivity contribution in [2.45, 2.75) is 45.1 Å². The molecule has 1 saturated heterocycles. The fourth-order valence-electron chi connectivity index (χ4n) is 2.92. The normalized spacial score (nSPS) is 21.6. The van der Waals surface area contributed by atoms with Gasteiger partial charge in [0.15, 0.2) is 0 Å². The number of nitrogens with one attached hydrogen (secondary N) is 2. The van der Waals surface area contributed by atoms with Gasteiger partial charge in [0.05, 0.1) is 0 Å². The van der Waals surface area contributed by atoms with Gasteiger partial charge in [0.1, 0.15) is 0 Å². The lowest BCUT2D eigenvalue weighted by atomic mass is 9.92. The molecule has 1 aliphatic rings. The molecule has 116 valence electrons. The molecular formula is C17H25BrN2O. The Morgan fingerprint density at radius 3 is 2.71 bits per heavy atom. The number of hydrogen-bond donors (Lipinski definition) is 2. The second-order valence-electron chi connectivity index (χ2n) is 6.12. The zero-order valence-corrected chi connectivity index (χ0v) is 14.4. The van der Waals surface area contributed by atoms with Crippen LogP contribution >= 0.6 is 15.9 Å². The van der Waals surface area contributed by atoms with Crippen molar-refractivity contribution in [3.05, 3.63) is 34.3 Å². The molecule has 0 saturated carbocycles. The van der Waals surface area contributed by atoms with E-state index in [-0.39, 0.29) is 17.9 Å². The number of carbonyl (C=O) groups excluding carboxylic acids is 1. The maximum absolute atomic E-state index is 12.2. The van der Waals surface area contributed by atoms with Crippen LogP contribution in [0.5, 0.6) is 0 Å². The molecule has 21 heavy (non-hydrogen) atoms. The fraction of sp³-hybridized carbons (Fsp3) is 0.588. The number of carbonyl (C=O) groups is 1. The minimum absolute atomic E-state index is 0.156. The summed E-state index contributed by atoms with van der Waals surface area (Å²) in [5.41, 5.74) is 1.21. The summed E-state index contributed by atoms with van der Waals surface area (Å²) in [6, 6.07) is 8.47. The van der Waals surface area contributed by atoms with Gasteiger partial charge >= 0.3 is 0 Å². The third kappa shape index (κ3) is 5.11. The largest absolute Gasteiger partial charge is 0.353 e. The standard InChI is InChI=1S/C17H25BrN2O/c1-12(14-5-7-16(18)8-6-14)10-17(21)20-13(2)15-4-3-9-19-11-15/h5-8,12-13,15,19H,3-4,9-11H2,1-2H3,(H,20,21). The van der Waals surface area contributed by atoms with Gasteiger partial charge < -0.3 is 10.6 Å². The lowest BCUT2D eigenvalue weighted by molar-refractivity contribution is -0.122. The van der Waals surface area contributed by atoms with Crippen molar-refractivity contribution in [3.63, 3.8) is 0 Å². The Labute approximate surface area is 136 Å². The van der Waals surface area contributed by atoms with Crippen LogP contribution in [0.3, 0.4) is 0 Å². The quantitative estimate of drug-likeness (QED) is 0.851. The van der Waals surface area contributed by atoms with E-state index in [1.807, 2.05) is 12.1 Å². The van der Waals surface area contributed by atoms with Gasteiger partial charge in [-0.2, -0.15) is 0 Å². The molecule has 0 aromatic heterocycles. The van der Waals surface area contributed by atoms with Crippen molar-refractivity contribution in [2.75, 3.05) is 13.1 Å². The Morgan fingerprint density at radius 2 is 2.10 bits per heavy atom. The van der Waals surface area contributed by atoms with Gasteiger partial charge in [-0.25, -0.2) is 0 Å². The van der Waals surface area contributed by atoms with Crippen LogP contribution in [0.2, 0.25) is 0 Å². The minimum atomic E-state index is 0.156. The number of rotatable bonds is 5. The van der Waals surface area contributed by atoms with E-state index in [0.717, 1.165) is 17.6 Å². The maximum Gasteiger partial charge on any atom is 0.220 e. The summed E-state index contributed by atoms with van der Waals surface area (Å²) < 4.78 is 1.07. The van der Waals surface area contributed by atoms with E-state index in [1.54, 1.807) is 0 Å². The molecule has 1 fully saturated rings. The number of halogens is 1. The second-order valence-corrected chi connectivity index (χ2v) is 7.04. The average Bonchev–Trinajstić information content (AvgIpc) is 2.48. The molecule has 1 aromatic rings. The third-order valence-electron chi connectivity index (χ3n) is 4.36. The number of amides is 1. The van der Waals surface area contributed by atoms with Gasteiger partial charge in [0, 0.05) is 16.9 Å². The predicted octanol–water partition coefficient (Wildman–Crippen LogP) is 3.45. The van der Waals surface area contributed by atoms with Crippen LogP contribution in [0.1, 0.15) is 44.6 Å². The number of piperidine rings is 1. The van der Waals surface area contributed by atoms with E-state index < -0.39 is 0 Å². The lowest BCUT2D eigenvalue weighted by Gasteiger charge is -2.29. The SMILES string of the molecule is CC(CC(=O)NC(C)C1CCCNC1)c1ccc(Br)cc1. The molecule has 1 aromatic carbocycles. The summed E-state index contributed by atoms with van der Waals surface area (Å²) in [4.78, 5) is 12.2. The zero-order valence-electron chi connectivity index (χ0n) is 12.9. The van der Waals surface area contributed by atoms with Crippen molar-refractivity contribution in [2.24, 2.45) is 5.92 Å². The van der Waals surface area contributed by atoms with Gasteiger partial charge in [-0.1, -0.05) is 35.0 Å². The smallest absolute Gasteiger partial charge is 0.220 e. The highest BCUT2D eigenvalue weighted by Crippen LogP contribution is 2.21. The molecule has 1 amide bonds. The number of benzene rings is 1. The molecule has 0 spiro atoms. The van der Waals surface area contributed by atoms with Crippen molar-refractivity contribution in [1.29, 1.82) is 0 Å². The topological polar surface area (TPSA) is 41.1 Å². The molecule has 3 nitrogen and oxygen atoms in total. The van der Waals surface area contributed by atoms with Crippen LogP contribution in [0.4, 0.5) is 0 Å². The molecule has 0 aliphatic carbocycles. The van der Waals surface area contributed by atoms with Crippen LogP contribution in [0, 0.1) is 5.92 Å². The van der Waals surface area contributed by atoms with Crippen molar-refractivity contribution in [3.8, 4) is 0 Å². The van der Waals surface area contributed by atoms with E-state index in [0.29, 0.717) is 12.3 Å². The van der Waals surface area contributed by atoms with Gasteiger partial charge in [0.2, 0.25) is 5.91 Å². The molecule has 2 rings (SSSR count). The van der Waals surface area contributed by atoms with Gasteiger partial charge in [-0.05, 0) is 62.4 Å². The van der Waals surface area contributed by atoms with Crippen molar-refractivity contribution < 1.29 is 4.79 Å². The van der Waals surface area contributed by atoms with E-state index >= 15 is 0 Å². The Kier molecular flexibility index (Phi) is 6.24. The van der Waals surface area contributed by atoms with Gasteiger partial charge in [0.25, 0.3) is 0 Å². The predicted molar refractivity (Wildman–Crippen MR) is 90.4 cm³/mol. The van der Waals surface area contributed by atoms with Crippen molar-refractivity contribution >= 4 is 21.8 Å². The molecule has 0 radical (unpaired) electrons. The highest BCUT2D eigenvalue weighted by atomic mass is 79.9. The summed E-state index contributed by atoms with van der Waals surface area (Å²) >= 11 is 3.44. The first-order valence-electron chi connectivity index (χ1n) is 7.82. The highest BCUT2D eigenvalue weighted by molar-refractivity contribution is 9.10. The number of hydrogen-bond acceptors (Lipinski definition) is 2. The Bertz CT molecular complexity index is 454. The Balaban J connectivity index is 1.81. The van der Waals surface area contributed by atoms with Crippen LogP contribution in [0.25, 0.3) is 0 Å². The minimum Gasteiger partial charge on any atom is -0.353 e. The molecule has 4 heteroatoms. The van der Waals surface area contributed by atoms with E-state index in [9.17, 15) is 4.79 Å². The summed E-state index contributed by atoms with van der Waals surface area (Å²) in [5, 5.41) is 6.58. The van der Waals surface area contributed by atoms with Crippen LogP contribution in [-0.2, 0) is 4.79 Å². The van der Waals surface area contributed by atoms with Gasteiger partial charge in [-0.15, -0.1) is 0 Å². The first kappa shape index (κ1) is 16.5. The molecule has 1 aliphatic heterocycles. The molecule has 0 bridgehead atoms. The molecule has 3 unspecified atom stereocenters. The first-order valence-corrected chi connectivity index (χ1v) is 8.61. The Hall–Kier alpha value is -0.870. The summed E-state index contributed by atoms with van der Waals surface area (Å²) in [6.45, 7) is 6.36. The highest BCUT2D eigenvalue weighted by Gasteiger charge is 2.22. The van der Waals surface area contributed by atoms with Crippen LogP contribution in [-0.4, -0.2) is 25.0 Å². The lowest BCUT2D eigenvalue weighted by Crippen LogP contribution is -2.44. The third-order valence-corrected chi connectivity index (χ3v) is 4.89. The average molecular weight is 353 g/mol. The van der Waals surface area contributed by atoms with Crippen LogP contribution < -0.4 is 10.6 Å². The van der Waals surface area contributed by atoms with Crippen molar-refractivity contribution in [1.82, 2.24) is 10.6 Å².